The first-order valence-corrected chi connectivity index (χ1v) is 6.21. The maximum absolute atomic E-state index is 10.4. The fourth-order valence-corrected chi connectivity index (χ4v) is 1.96. The normalized spacial score (nSPS) is 9.81. The van der Waals surface area contributed by atoms with Crippen LogP contribution in [-0.2, 0) is 0 Å². The number of benzene rings is 1. The Bertz CT molecular complexity index is 379. The van der Waals surface area contributed by atoms with E-state index < -0.39 is 4.92 Å². The van der Waals surface area contributed by atoms with Crippen LogP contribution in [0.3, 0.4) is 0 Å². The van der Waals surface area contributed by atoms with Crippen molar-refractivity contribution in [2.45, 2.75) is 13.3 Å². The van der Waals surface area contributed by atoms with Crippen LogP contribution < -0.4 is 5.32 Å². The zero-order chi connectivity index (χ0) is 12.0. The van der Waals surface area contributed by atoms with Gasteiger partial charge in [-0.25, -0.2) is 0 Å². The molecule has 1 N–H and O–H groups in total. The second-order valence-corrected chi connectivity index (χ2v) is 4.84. The van der Waals surface area contributed by atoms with Gasteiger partial charge in [0.1, 0.15) is 4.32 Å². The third-order valence-corrected chi connectivity index (χ3v) is 3.19. The zero-order valence-corrected chi connectivity index (χ0v) is 10.4. The van der Waals surface area contributed by atoms with Gasteiger partial charge in [-0.05, 0) is 24.3 Å². The molecule has 0 spiro atoms. The Hall–Kier alpha value is -1.14. The van der Waals surface area contributed by atoms with E-state index in [4.69, 9.17) is 12.2 Å². The number of nitro benzene ring substituents is 1. The van der Waals surface area contributed by atoms with Gasteiger partial charge in [-0.2, -0.15) is 0 Å². The van der Waals surface area contributed by atoms with Crippen LogP contribution in [-0.4, -0.2) is 15.0 Å². The predicted molar refractivity (Wildman–Crippen MR) is 72.1 cm³/mol. The van der Waals surface area contributed by atoms with E-state index in [1.165, 1.54) is 12.1 Å². The van der Waals surface area contributed by atoms with Crippen LogP contribution in [0.1, 0.15) is 13.3 Å². The molecule has 0 aliphatic carbocycles. The average Bonchev–Trinajstić information content (AvgIpc) is 2.27. The van der Waals surface area contributed by atoms with E-state index in [1.807, 2.05) is 0 Å². The molecule has 0 bridgehead atoms. The Morgan fingerprint density at radius 3 is 2.62 bits per heavy atom. The molecular weight excluding hydrogens is 244 g/mol. The van der Waals surface area contributed by atoms with Gasteiger partial charge in [0.05, 0.1) is 4.92 Å². The van der Waals surface area contributed by atoms with Gasteiger partial charge in [-0.3, -0.25) is 10.1 Å². The molecule has 0 saturated heterocycles. The smallest absolute Gasteiger partial charge is 0.269 e. The third kappa shape index (κ3) is 4.16. The summed E-state index contributed by atoms with van der Waals surface area (Å²) in [6, 6.07) is 6.21. The summed E-state index contributed by atoms with van der Waals surface area (Å²) < 4.78 is 0.690. The van der Waals surface area contributed by atoms with Crippen LogP contribution in [0.2, 0.25) is 0 Å². The Morgan fingerprint density at radius 2 is 2.12 bits per heavy atom. The molecular formula is C10H12N2O2S2. The maximum Gasteiger partial charge on any atom is 0.269 e. The Balaban J connectivity index is 2.55. The number of thiocarbonyl (C=S) groups is 1. The van der Waals surface area contributed by atoms with Crippen LogP contribution in [0.25, 0.3) is 0 Å². The number of nitrogens with one attached hydrogen (secondary N) is 1. The van der Waals surface area contributed by atoms with E-state index >= 15 is 0 Å². The molecule has 0 aliphatic heterocycles. The summed E-state index contributed by atoms with van der Waals surface area (Å²) in [5, 5.41) is 13.4. The standard InChI is InChI=1S/C10H12N2O2S2/c1-2-7-16-10(15)11-8-3-5-9(6-4-8)12(13)14/h3-6H,2,7H2,1H3,(H,11,15). The molecule has 16 heavy (non-hydrogen) atoms. The average molecular weight is 256 g/mol. The molecule has 0 radical (unpaired) electrons. The second-order valence-electron chi connectivity index (χ2n) is 3.06. The van der Waals surface area contributed by atoms with Gasteiger partial charge < -0.3 is 5.32 Å². The number of nitro groups is 1. The van der Waals surface area contributed by atoms with Gasteiger partial charge in [0.15, 0.2) is 0 Å². The van der Waals surface area contributed by atoms with Gasteiger partial charge in [0, 0.05) is 17.8 Å². The topological polar surface area (TPSA) is 55.2 Å². The highest BCUT2D eigenvalue weighted by atomic mass is 32.2. The van der Waals surface area contributed by atoms with Crippen molar-refractivity contribution in [1.82, 2.24) is 0 Å². The summed E-state index contributed by atoms with van der Waals surface area (Å²) in [5.41, 5.74) is 0.858. The first-order chi connectivity index (χ1) is 7.63. The molecule has 6 heteroatoms. The highest BCUT2D eigenvalue weighted by Gasteiger charge is 2.04. The third-order valence-electron chi connectivity index (χ3n) is 1.76. The van der Waals surface area contributed by atoms with Crippen molar-refractivity contribution in [3.63, 3.8) is 0 Å². The molecule has 0 atom stereocenters. The Morgan fingerprint density at radius 1 is 1.50 bits per heavy atom. The number of non-ortho nitro benzene ring substituents is 1. The van der Waals surface area contributed by atoms with Crippen molar-refractivity contribution in [1.29, 1.82) is 0 Å². The lowest BCUT2D eigenvalue weighted by Gasteiger charge is -2.06. The lowest BCUT2D eigenvalue weighted by atomic mass is 10.3. The summed E-state index contributed by atoms with van der Waals surface area (Å²) in [7, 11) is 0. The molecule has 1 aromatic rings. The summed E-state index contributed by atoms with van der Waals surface area (Å²) in [4.78, 5) is 10.0. The van der Waals surface area contributed by atoms with Gasteiger partial charge in [-0.15, -0.1) is 0 Å². The number of thioether (sulfide) groups is 1. The van der Waals surface area contributed by atoms with Crippen LogP contribution in [0, 0.1) is 10.1 Å². The molecule has 0 aromatic heterocycles. The molecule has 86 valence electrons. The van der Waals surface area contributed by atoms with Crippen LogP contribution in [0.15, 0.2) is 24.3 Å². The van der Waals surface area contributed by atoms with Gasteiger partial charge in [-0.1, -0.05) is 30.9 Å². The van der Waals surface area contributed by atoms with Gasteiger partial charge in [0.2, 0.25) is 0 Å². The van der Waals surface area contributed by atoms with E-state index in [1.54, 1.807) is 23.9 Å². The number of anilines is 1. The molecule has 0 fully saturated rings. The highest BCUT2D eigenvalue weighted by Crippen LogP contribution is 2.17. The molecule has 0 unspecified atom stereocenters. The van der Waals surface area contributed by atoms with E-state index in [-0.39, 0.29) is 5.69 Å². The quantitative estimate of drug-likeness (QED) is 0.508. The number of nitrogens with zero attached hydrogens (tertiary/aromatic N) is 1. The van der Waals surface area contributed by atoms with Crippen molar-refractivity contribution >= 4 is 39.7 Å². The summed E-state index contributed by atoms with van der Waals surface area (Å²) in [6.07, 6.45) is 1.06. The molecule has 1 aromatic carbocycles. The SMILES string of the molecule is CCCSC(=S)Nc1ccc([N+](=O)[O-])cc1. The zero-order valence-electron chi connectivity index (χ0n) is 8.80. The minimum atomic E-state index is -0.423. The molecule has 4 nitrogen and oxygen atoms in total. The van der Waals surface area contributed by atoms with Crippen molar-refractivity contribution in [3.8, 4) is 0 Å². The number of rotatable bonds is 4. The highest BCUT2D eigenvalue weighted by molar-refractivity contribution is 8.23. The van der Waals surface area contributed by atoms with Gasteiger partial charge in [0.25, 0.3) is 5.69 Å². The van der Waals surface area contributed by atoms with Crippen molar-refractivity contribution in [2.24, 2.45) is 0 Å². The monoisotopic (exact) mass is 256 g/mol. The molecule has 1 rings (SSSR count). The van der Waals surface area contributed by atoms with E-state index in [0.717, 1.165) is 17.9 Å². The lowest BCUT2D eigenvalue weighted by Crippen LogP contribution is -2.04. The van der Waals surface area contributed by atoms with Crippen molar-refractivity contribution < 1.29 is 4.92 Å². The molecule has 0 saturated carbocycles. The number of hydrogen-bond acceptors (Lipinski definition) is 4. The largest absolute Gasteiger partial charge is 0.341 e. The first-order valence-electron chi connectivity index (χ1n) is 4.81. The fourth-order valence-electron chi connectivity index (χ4n) is 1.02. The minimum absolute atomic E-state index is 0.0812. The van der Waals surface area contributed by atoms with Crippen molar-refractivity contribution in [3.05, 3.63) is 34.4 Å². The maximum atomic E-state index is 10.4. The van der Waals surface area contributed by atoms with Crippen LogP contribution >= 0.6 is 24.0 Å². The van der Waals surface area contributed by atoms with Crippen LogP contribution in [0.4, 0.5) is 11.4 Å². The number of hydrogen-bond donors (Lipinski definition) is 1. The summed E-state index contributed by atoms with van der Waals surface area (Å²) >= 11 is 6.67. The summed E-state index contributed by atoms with van der Waals surface area (Å²) in [5.74, 6) is 0.971. The Kier molecular flexibility index (Phi) is 5.21. The predicted octanol–water partition coefficient (Wildman–Crippen LogP) is 3.43. The van der Waals surface area contributed by atoms with Gasteiger partial charge >= 0.3 is 0 Å². The van der Waals surface area contributed by atoms with E-state index in [2.05, 4.69) is 12.2 Å². The van der Waals surface area contributed by atoms with Crippen LogP contribution in [0.5, 0.6) is 0 Å². The van der Waals surface area contributed by atoms with Crippen molar-refractivity contribution in [2.75, 3.05) is 11.1 Å². The minimum Gasteiger partial charge on any atom is -0.341 e. The summed E-state index contributed by atoms with van der Waals surface area (Å²) in [6.45, 7) is 2.08. The lowest BCUT2D eigenvalue weighted by molar-refractivity contribution is -0.384. The fraction of sp³-hybridized carbons (Fsp3) is 0.300. The first kappa shape index (κ1) is 12.9. The van der Waals surface area contributed by atoms with E-state index in [9.17, 15) is 10.1 Å². The Labute approximate surface area is 104 Å². The molecule has 0 amide bonds. The molecule has 0 aliphatic rings. The second kappa shape index (κ2) is 6.44. The van der Waals surface area contributed by atoms with E-state index in [0.29, 0.717) is 4.32 Å². The molecule has 0 heterocycles.